The molecule has 3 N–H and O–H groups in total. The van der Waals surface area contributed by atoms with Gasteiger partial charge < -0.3 is 20.6 Å². The smallest absolute Gasteiger partial charge is 0.244 e. The maximum absolute atomic E-state index is 13.8. The highest BCUT2D eigenvalue weighted by Gasteiger charge is 2.74. The van der Waals surface area contributed by atoms with Crippen LogP contribution in [0, 0.1) is 11.8 Å². The molecular formula is C23H31N3O4S. The third-order valence-electron chi connectivity index (χ3n) is 6.88. The van der Waals surface area contributed by atoms with Gasteiger partial charge in [0, 0.05) is 18.3 Å². The van der Waals surface area contributed by atoms with Crippen molar-refractivity contribution in [3.05, 3.63) is 35.9 Å². The van der Waals surface area contributed by atoms with E-state index in [2.05, 4.69) is 10.6 Å². The van der Waals surface area contributed by atoms with Crippen LogP contribution in [0.3, 0.4) is 0 Å². The van der Waals surface area contributed by atoms with Crippen molar-refractivity contribution in [2.45, 2.75) is 61.2 Å². The van der Waals surface area contributed by atoms with Gasteiger partial charge >= 0.3 is 0 Å². The van der Waals surface area contributed by atoms with Crippen molar-refractivity contribution >= 4 is 29.5 Å². The molecule has 0 aliphatic carbocycles. The Labute approximate surface area is 187 Å². The molecular weight excluding hydrogens is 414 g/mol. The quantitative estimate of drug-likeness (QED) is 0.581. The summed E-state index contributed by atoms with van der Waals surface area (Å²) in [6.07, 6.45) is 1.99. The summed E-state index contributed by atoms with van der Waals surface area (Å²) in [6, 6.07) is 8.39. The Bertz CT molecular complexity index is 864. The molecule has 0 saturated carbocycles. The van der Waals surface area contributed by atoms with E-state index in [-0.39, 0.29) is 35.6 Å². The second kappa shape index (κ2) is 8.47. The monoisotopic (exact) mass is 445 g/mol. The Morgan fingerprint density at radius 2 is 1.97 bits per heavy atom. The van der Waals surface area contributed by atoms with Crippen LogP contribution in [0.2, 0.25) is 0 Å². The van der Waals surface area contributed by atoms with Gasteiger partial charge in [-0.05, 0) is 38.7 Å². The minimum Gasteiger partial charge on any atom is -0.394 e. The number of hydrogen-bond donors (Lipinski definition) is 3. The summed E-state index contributed by atoms with van der Waals surface area (Å²) in [4.78, 5) is 41.6. The highest BCUT2D eigenvalue weighted by atomic mass is 32.2. The number of rotatable bonds is 7. The first-order chi connectivity index (χ1) is 14.8. The van der Waals surface area contributed by atoms with E-state index in [9.17, 15) is 19.5 Å². The van der Waals surface area contributed by atoms with Crippen molar-refractivity contribution in [3.63, 3.8) is 0 Å². The SMILES string of the molecule is CNC(=O)[C@@H]1[C@@H]2CCC3(S2)C(C(=O)NC(C)C)N([C@@H](CO)Cc2ccccc2)C(=O)[C@H]13. The van der Waals surface area contributed by atoms with Gasteiger partial charge in [0.1, 0.15) is 6.04 Å². The second-order valence-electron chi connectivity index (χ2n) is 9.11. The molecule has 1 spiro atoms. The van der Waals surface area contributed by atoms with Crippen LogP contribution in [-0.2, 0) is 20.8 Å². The predicted molar refractivity (Wildman–Crippen MR) is 119 cm³/mol. The first kappa shape index (κ1) is 22.1. The van der Waals surface area contributed by atoms with E-state index in [1.807, 2.05) is 44.2 Å². The largest absolute Gasteiger partial charge is 0.394 e. The lowest BCUT2D eigenvalue weighted by atomic mass is 9.70. The molecule has 2 bridgehead atoms. The molecule has 8 heteroatoms. The lowest BCUT2D eigenvalue weighted by Gasteiger charge is -2.37. The fraction of sp³-hybridized carbons (Fsp3) is 0.609. The van der Waals surface area contributed by atoms with Gasteiger partial charge in [0.25, 0.3) is 0 Å². The van der Waals surface area contributed by atoms with Crippen molar-refractivity contribution in [2.75, 3.05) is 13.7 Å². The second-order valence-corrected chi connectivity index (χ2v) is 10.7. The molecule has 1 aromatic rings. The molecule has 3 aliphatic rings. The van der Waals surface area contributed by atoms with Crippen LogP contribution in [0.25, 0.3) is 0 Å². The number of nitrogens with zero attached hydrogens (tertiary/aromatic N) is 1. The average Bonchev–Trinajstić information content (AvgIpc) is 3.39. The number of amides is 3. The number of aliphatic hydroxyl groups excluding tert-OH is 1. The summed E-state index contributed by atoms with van der Waals surface area (Å²) in [7, 11) is 1.59. The van der Waals surface area contributed by atoms with E-state index >= 15 is 0 Å². The fourth-order valence-electron chi connectivity index (χ4n) is 5.75. The molecule has 3 aliphatic heterocycles. The van der Waals surface area contributed by atoms with Gasteiger partial charge in [-0.15, -0.1) is 11.8 Å². The third-order valence-corrected chi connectivity index (χ3v) is 8.84. The first-order valence-corrected chi connectivity index (χ1v) is 11.9. The van der Waals surface area contributed by atoms with Crippen LogP contribution >= 0.6 is 11.8 Å². The standard InChI is InChI=1S/C23H31N3O4S/c1-13(2)25-21(29)19-23-10-9-16(31-23)17(20(28)24-3)18(23)22(30)26(19)15(12-27)11-14-7-5-4-6-8-14/h4-8,13,15-19,27H,9-12H2,1-3H3,(H,24,28)(H,25,29)/t15-,16+,17-,18+,19?,23?/m1/s1. The fourth-order valence-corrected chi connectivity index (χ4v) is 7.96. The van der Waals surface area contributed by atoms with Gasteiger partial charge in [-0.1, -0.05) is 30.3 Å². The van der Waals surface area contributed by atoms with Gasteiger partial charge in [0.15, 0.2) is 0 Å². The molecule has 3 amide bonds. The Morgan fingerprint density at radius 1 is 1.26 bits per heavy atom. The number of nitrogens with one attached hydrogen (secondary N) is 2. The predicted octanol–water partition coefficient (Wildman–Crippen LogP) is 0.952. The Kier molecular flexibility index (Phi) is 6.05. The lowest BCUT2D eigenvalue weighted by molar-refractivity contribution is -0.142. The molecule has 3 heterocycles. The van der Waals surface area contributed by atoms with Gasteiger partial charge in [0.2, 0.25) is 17.7 Å². The highest BCUT2D eigenvalue weighted by Crippen LogP contribution is 2.66. The highest BCUT2D eigenvalue weighted by molar-refractivity contribution is 8.02. The lowest BCUT2D eigenvalue weighted by Crippen LogP contribution is -2.57. The number of fused-ring (bicyclic) bond motifs is 1. The minimum absolute atomic E-state index is 0.0482. The summed E-state index contributed by atoms with van der Waals surface area (Å²) < 4.78 is -0.623. The van der Waals surface area contributed by atoms with Crippen LogP contribution in [0.5, 0.6) is 0 Å². The van der Waals surface area contributed by atoms with Gasteiger partial charge in [-0.2, -0.15) is 0 Å². The summed E-state index contributed by atoms with van der Waals surface area (Å²) in [5, 5.41) is 16.1. The molecule has 31 heavy (non-hydrogen) atoms. The zero-order chi connectivity index (χ0) is 22.3. The molecule has 3 fully saturated rings. The maximum Gasteiger partial charge on any atom is 0.244 e. The molecule has 2 unspecified atom stereocenters. The van der Waals surface area contributed by atoms with E-state index in [4.69, 9.17) is 0 Å². The third kappa shape index (κ3) is 3.53. The number of aliphatic hydroxyl groups is 1. The van der Waals surface area contributed by atoms with Crippen molar-refractivity contribution in [3.8, 4) is 0 Å². The Morgan fingerprint density at radius 3 is 2.58 bits per heavy atom. The topological polar surface area (TPSA) is 98.7 Å². The van der Waals surface area contributed by atoms with Crippen molar-refractivity contribution in [1.29, 1.82) is 0 Å². The molecule has 168 valence electrons. The number of benzene rings is 1. The van der Waals surface area contributed by atoms with E-state index in [0.717, 1.165) is 18.4 Å². The van der Waals surface area contributed by atoms with Crippen LogP contribution in [-0.4, -0.2) is 69.5 Å². The number of likely N-dealkylation sites (tertiary alicyclic amines) is 1. The molecule has 7 nitrogen and oxygen atoms in total. The van der Waals surface area contributed by atoms with E-state index in [1.54, 1.807) is 23.7 Å². The van der Waals surface area contributed by atoms with Crippen LogP contribution in [0.1, 0.15) is 32.3 Å². The summed E-state index contributed by atoms with van der Waals surface area (Å²) in [5.74, 6) is -1.48. The Balaban J connectivity index is 1.75. The molecule has 0 radical (unpaired) electrons. The normalized spacial score (nSPS) is 32.3. The summed E-state index contributed by atoms with van der Waals surface area (Å²) in [5.41, 5.74) is 0.992. The molecule has 4 rings (SSSR count). The minimum atomic E-state index is -0.696. The van der Waals surface area contributed by atoms with Gasteiger partial charge in [-0.25, -0.2) is 0 Å². The first-order valence-electron chi connectivity index (χ1n) is 11.0. The molecule has 3 saturated heterocycles. The van der Waals surface area contributed by atoms with Crippen LogP contribution in [0.4, 0.5) is 0 Å². The molecule has 0 aromatic heterocycles. The van der Waals surface area contributed by atoms with Gasteiger partial charge in [0.05, 0.1) is 29.2 Å². The number of thioether (sulfide) groups is 1. The number of carbonyl (C=O) groups excluding carboxylic acids is 3. The summed E-state index contributed by atoms with van der Waals surface area (Å²) >= 11 is 1.64. The zero-order valence-corrected chi connectivity index (χ0v) is 19.0. The average molecular weight is 446 g/mol. The maximum atomic E-state index is 13.8. The van der Waals surface area contributed by atoms with Crippen molar-refractivity contribution < 1.29 is 19.5 Å². The van der Waals surface area contributed by atoms with E-state index < -0.39 is 28.7 Å². The van der Waals surface area contributed by atoms with Crippen molar-refractivity contribution in [1.82, 2.24) is 15.5 Å². The zero-order valence-electron chi connectivity index (χ0n) is 18.2. The van der Waals surface area contributed by atoms with Crippen LogP contribution in [0.15, 0.2) is 30.3 Å². The van der Waals surface area contributed by atoms with Crippen LogP contribution < -0.4 is 10.6 Å². The van der Waals surface area contributed by atoms with Gasteiger partial charge in [-0.3, -0.25) is 14.4 Å². The van der Waals surface area contributed by atoms with E-state index in [1.165, 1.54) is 0 Å². The number of hydrogen-bond acceptors (Lipinski definition) is 5. The molecule has 6 atom stereocenters. The number of carbonyl (C=O) groups is 3. The van der Waals surface area contributed by atoms with E-state index in [0.29, 0.717) is 6.42 Å². The molecule has 1 aromatic carbocycles. The van der Waals surface area contributed by atoms with Crippen molar-refractivity contribution in [2.24, 2.45) is 11.8 Å². The summed E-state index contributed by atoms with van der Waals surface area (Å²) in [6.45, 7) is 3.55. The Hall–Kier alpha value is -2.06.